The van der Waals surface area contributed by atoms with Crippen LogP contribution >= 0.6 is 0 Å². The number of carbonyl (C=O) groups excluding carboxylic acids is 2. The Hall–Kier alpha value is -3.02. The molecule has 2 rings (SSSR count). The predicted octanol–water partition coefficient (Wildman–Crippen LogP) is 2.52. The lowest BCUT2D eigenvalue weighted by atomic mass is 10.2. The van der Waals surface area contributed by atoms with Crippen LogP contribution in [0.2, 0.25) is 0 Å². The van der Waals surface area contributed by atoms with E-state index in [9.17, 15) is 9.59 Å². The van der Waals surface area contributed by atoms with E-state index < -0.39 is 5.91 Å². The Morgan fingerprint density at radius 3 is 2.52 bits per heavy atom. The minimum Gasteiger partial charge on any atom is -0.326 e. The third-order valence-corrected chi connectivity index (χ3v) is 3.00. The van der Waals surface area contributed by atoms with E-state index in [2.05, 4.69) is 20.8 Å². The number of hydrogen-bond acceptors (Lipinski definition) is 4. The van der Waals surface area contributed by atoms with Crippen LogP contribution in [-0.2, 0) is 4.79 Å². The number of hydrogen-bond donors (Lipinski definition) is 2. The Labute approximate surface area is 134 Å². The van der Waals surface area contributed by atoms with Gasteiger partial charge in [0.2, 0.25) is 5.91 Å². The summed E-state index contributed by atoms with van der Waals surface area (Å²) in [6.07, 6.45) is 1.62. The molecule has 0 saturated heterocycles. The molecule has 6 heteroatoms. The summed E-state index contributed by atoms with van der Waals surface area (Å²) in [5.74, 6) is -0.605. The van der Waals surface area contributed by atoms with E-state index in [4.69, 9.17) is 0 Å². The first kappa shape index (κ1) is 16.4. The van der Waals surface area contributed by atoms with E-state index in [0.717, 1.165) is 11.3 Å². The average Bonchev–Trinajstić information content (AvgIpc) is 2.55. The van der Waals surface area contributed by atoms with Gasteiger partial charge in [0, 0.05) is 17.6 Å². The first-order valence-electron chi connectivity index (χ1n) is 7.15. The number of aryl methyl sites for hydroxylation is 1. The molecule has 0 aliphatic rings. The fourth-order valence-corrected chi connectivity index (χ4v) is 1.81. The second kappa shape index (κ2) is 7.84. The van der Waals surface area contributed by atoms with Crippen molar-refractivity contribution in [2.24, 2.45) is 5.10 Å². The second-order valence-electron chi connectivity index (χ2n) is 5.09. The fraction of sp³-hybridized carbons (Fsp3) is 0.176. The zero-order valence-electron chi connectivity index (χ0n) is 13.0. The topological polar surface area (TPSA) is 83.5 Å². The van der Waals surface area contributed by atoms with E-state index in [1.807, 2.05) is 31.2 Å². The van der Waals surface area contributed by atoms with E-state index in [1.54, 1.807) is 25.1 Å². The van der Waals surface area contributed by atoms with E-state index in [0.29, 0.717) is 5.71 Å². The lowest BCUT2D eigenvalue weighted by Crippen LogP contribution is -2.22. The molecule has 0 spiro atoms. The molecule has 0 unspecified atom stereocenters. The van der Waals surface area contributed by atoms with Gasteiger partial charge in [0.25, 0.3) is 5.91 Å². The summed E-state index contributed by atoms with van der Waals surface area (Å²) < 4.78 is 0. The van der Waals surface area contributed by atoms with Gasteiger partial charge < -0.3 is 5.32 Å². The van der Waals surface area contributed by atoms with Gasteiger partial charge in [-0.15, -0.1) is 0 Å². The summed E-state index contributed by atoms with van der Waals surface area (Å²) in [7, 11) is 0. The molecule has 2 amide bonds. The van der Waals surface area contributed by atoms with E-state index in [1.165, 1.54) is 6.20 Å². The molecule has 0 atom stereocenters. The Morgan fingerprint density at radius 1 is 1.13 bits per heavy atom. The first-order chi connectivity index (χ1) is 11.0. The number of aromatic nitrogens is 1. The number of benzene rings is 1. The molecule has 0 aliphatic carbocycles. The van der Waals surface area contributed by atoms with Gasteiger partial charge in [0.1, 0.15) is 5.69 Å². The molecule has 1 aromatic carbocycles. The third kappa shape index (κ3) is 5.35. The van der Waals surface area contributed by atoms with Crippen LogP contribution < -0.4 is 10.7 Å². The molecule has 1 aromatic heterocycles. The molecular weight excluding hydrogens is 292 g/mol. The average molecular weight is 310 g/mol. The highest BCUT2D eigenvalue weighted by atomic mass is 16.2. The molecule has 0 bridgehead atoms. The maximum Gasteiger partial charge on any atom is 0.289 e. The number of hydrazone groups is 1. The quantitative estimate of drug-likeness (QED) is 0.657. The number of nitrogens with zero attached hydrogens (tertiary/aromatic N) is 2. The molecule has 0 saturated carbocycles. The third-order valence-electron chi connectivity index (χ3n) is 3.00. The molecule has 6 nitrogen and oxygen atoms in total. The Bertz CT molecular complexity index is 709. The zero-order valence-corrected chi connectivity index (χ0v) is 13.0. The number of pyridine rings is 1. The molecule has 1 heterocycles. The van der Waals surface area contributed by atoms with Gasteiger partial charge in [-0.05, 0) is 38.1 Å². The number of nitrogens with one attached hydrogen (secondary N) is 2. The molecule has 0 aliphatic heterocycles. The van der Waals surface area contributed by atoms with Gasteiger partial charge in [0.15, 0.2) is 0 Å². The minimum absolute atomic E-state index is 0.0936. The molecular formula is C17H18N4O2. The Morgan fingerprint density at radius 2 is 1.87 bits per heavy atom. The number of rotatable bonds is 5. The van der Waals surface area contributed by atoms with Crippen LogP contribution in [0.25, 0.3) is 0 Å². The summed E-state index contributed by atoms with van der Waals surface area (Å²) in [4.78, 5) is 27.6. The summed E-state index contributed by atoms with van der Waals surface area (Å²) in [6, 6.07) is 12.5. The van der Waals surface area contributed by atoms with E-state index >= 15 is 0 Å². The van der Waals surface area contributed by atoms with Crippen LogP contribution in [-0.4, -0.2) is 22.5 Å². The highest BCUT2D eigenvalue weighted by molar-refractivity contribution is 6.06. The summed E-state index contributed by atoms with van der Waals surface area (Å²) in [5, 5.41) is 6.69. The summed E-state index contributed by atoms with van der Waals surface area (Å²) in [6.45, 7) is 3.65. The van der Waals surface area contributed by atoms with Crippen LogP contribution in [0.3, 0.4) is 0 Å². The van der Waals surface area contributed by atoms with Crippen LogP contribution in [0.15, 0.2) is 53.8 Å². The van der Waals surface area contributed by atoms with Gasteiger partial charge in [-0.2, -0.15) is 5.10 Å². The Balaban J connectivity index is 1.85. The maximum atomic E-state index is 11.9. The predicted molar refractivity (Wildman–Crippen MR) is 89.2 cm³/mol. The lowest BCUT2D eigenvalue weighted by molar-refractivity contribution is -0.115. The van der Waals surface area contributed by atoms with Crippen molar-refractivity contribution in [3.05, 3.63) is 59.9 Å². The smallest absolute Gasteiger partial charge is 0.289 e. The molecule has 2 aromatic rings. The van der Waals surface area contributed by atoms with Crippen molar-refractivity contribution >= 4 is 23.2 Å². The van der Waals surface area contributed by atoms with Crippen molar-refractivity contribution in [2.75, 3.05) is 5.32 Å². The van der Waals surface area contributed by atoms with Crippen LogP contribution in [0, 0.1) is 6.92 Å². The van der Waals surface area contributed by atoms with Crippen molar-refractivity contribution in [2.45, 2.75) is 20.3 Å². The Kier molecular flexibility index (Phi) is 5.57. The summed E-state index contributed by atoms with van der Waals surface area (Å²) >= 11 is 0. The molecule has 0 radical (unpaired) electrons. The number of carbonyl (C=O) groups is 2. The largest absolute Gasteiger partial charge is 0.326 e. The maximum absolute atomic E-state index is 11.9. The highest BCUT2D eigenvalue weighted by Crippen LogP contribution is 2.08. The fourth-order valence-electron chi connectivity index (χ4n) is 1.81. The molecule has 23 heavy (non-hydrogen) atoms. The standard InChI is InChI=1S/C17H18N4O2/c1-12-6-8-14(9-7-12)19-16(22)11-13(2)20-21-17(23)15-5-3-4-10-18-15/h3-10H,11H2,1-2H3,(H,19,22)(H,21,23). The monoisotopic (exact) mass is 310 g/mol. The van der Waals surface area contributed by atoms with Crippen molar-refractivity contribution in [3.63, 3.8) is 0 Å². The molecule has 0 fully saturated rings. The first-order valence-corrected chi connectivity index (χ1v) is 7.15. The van der Waals surface area contributed by atoms with Crippen molar-refractivity contribution in [1.82, 2.24) is 10.4 Å². The summed E-state index contributed by atoms with van der Waals surface area (Å²) in [5.41, 5.74) is 5.00. The highest BCUT2D eigenvalue weighted by Gasteiger charge is 2.07. The van der Waals surface area contributed by atoms with Gasteiger partial charge >= 0.3 is 0 Å². The van der Waals surface area contributed by atoms with Crippen LogP contribution in [0.4, 0.5) is 5.69 Å². The van der Waals surface area contributed by atoms with Crippen molar-refractivity contribution in [1.29, 1.82) is 0 Å². The van der Waals surface area contributed by atoms with Crippen LogP contribution in [0.1, 0.15) is 29.4 Å². The van der Waals surface area contributed by atoms with Gasteiger partial charge in [0.05, 0.1) is 6.42 Å². The molecule has 118 valence electrons. The lowest BCUT2D eigenvalue weighted by Gasteiger charge is -2.06. The SMILES string of the molecule is CC(CC(=O)Nc1ccc(C)cc1)=NNC(=O)c1ccccn1. The van der Waals surface area contributed by atoms with Gasteiger partial charge in [-0.25, -0.2) is 5.43 Å². The zero-order chi connectivity index (χ0) is 16.7. The van der Waals surface area contributed by atoms with Gasteiger partial charge in [-0.3, -0.25) is 14.6 Å². The number of anilines is 1. The second-order valence-corrected chi connectivity index (χ2v) is 5.09. The van der Waals surface area contributed by atoms with Gasteiger partial charge in [-0.1, -0.05) is 23.8 Å². The van der Waals surface area contributed by atoms with Crippen molar-refractivity contribution in [3.8, 4) is 0 Å². The van der Waals surface area contributed by atoms with E-state index in [-0.39, 0.29) is 18.0 Å². The minimum atomic E-state index is -0.413. The van der Waals surface area contributed by atoms with Crippen LogP contribution in [0.5, 0.6) is 0 Å². The van der Waals surface area contributed by atoms with Crippen molar-refractivity contribution < 1.29 is 9.59 Å². The normalized spacial score (nSPS) is 11.0. The molecule has 2 N–H and O–H groups in total. The number of amides is 2.